The molecule has 26 heavy (non-hydrogen) atoms. The Hall–Kier alpha value is -0.890. The second kappa shape index (κ2) is 8.42. The molecule has 0 spiro atoms. The Kier molecular flexibility index (Phi) is 6.43. The zero-order valence-corrected chi connectivity index (χ0v) is 16.0. The molecule has 2 aliphatic heterocycles. The van der Waals surface area contributed by atoms with E-state index >= 15 is 0 Å². The number of aryl methyl sites for hydroxylation is 1. The topological polar surface area (TPSA) is 90.2 Å². The van der Waals surface area contributed by atoms with Gasteiger partial charge in [0, 0.05) is 11.7 Å². The summed E-state index contributed by atoms with van der Waals surface area (Å²) in [5.41, 5.74) is 3.83. The fraction of sp³-hybridized carbons (Fsp3) is 0.600. The quantitative estimate of drug-likeness (QED) is 0.618. The van der Waals surface area contributed by atoms with Crippen molar-refractivity contribution in [1.29, 1.82) is 0 Å². The third-order valence-corrected chi connectivity index (χ3v) is 6.88. The molecule has 0 radical (unpaired) electrons. The molecule has 1 aromatic rings. The molecular weight excluding hydrogens is 352 g/mol. The molecule has 3 rings (SSSR count). The van der Waals surface area contributed by atoms with E-state index < -0.39 is 30.5 Å². The van der Waals surface area contributed by atoms with Gasteiger partial charge in [0.25, 0.3) is 0 Å². The molecule has 1 fully saturated rings. The Morgan fingerprint density at radius 2 is 1.69 bits per heavy atom. The monoisotopic (exact) mass is 380 g/mol. The molecule has 2 aliphatic rings. The number of aliphatic hydroxyl groups excluding tert-OH is 4. The van der Waals surface area contributed by atoms with E-state index in [1.165, 1.54) is 21.6 Å². The van der Waals surface area contributed by atoms with Gasteiger partial charge in [-0.3, -0.25) is 0 Å². The predicted molar refractivity (Wildman–Crippen MR) is 102 cm³/mol. The lowest BCUT2D eigenvalue weighted by atomic mass is 9.91. The molecule has 1 unspecified atom stereocenters. The molecule has 1 aromatic carbocycles. The van der Waals surface area contributed by atoms with Crippen LogP contribution < -0.4 is 0 Å². The van der Waals surface area contributed by atoms with Crippen LogP contribution in [0.1, 0.15) is 31.4 Å². The first-order valence-electron chi connectivity index (χ1n) is 9.18. The molecule has 4 N–H and O–H groups in total. The van der Waals surface area contributed by atoms with Gasteiger partial charge in [0.05, 0.1) is 12.7 Å². The summed E-state index contributed by atoms with van der Waals surface area (Å²) < 4.78 is 5.73. The summed E-state index contributed by atoms with van der Waals surface area (Å²) >= 11 is 1.67. The van der Waals surface area contributed by atoms with Gasteiger partial charge in [-0.05, 0) is 35.8 Å². The van der Waals surface area contributed by atoms with E-state index in [-0.39, 0.29) is 11.9 Å². The van der Waals surface area contributed by atoms with E-state index in [0.717, 1.165) is 19.3 Å². The highest BCUT2D eigenvalue weighted by atomic mass is 32.2. The van der Waals surface area contributed by atoms with Crippen LogP contribution >= 0.6 is 11.8 Å². The summed E-state index contributed by atoms with van der Waals surface area (Å²) in [5, 5.41) is 39.7. The van der Waals surface area contributed by atoms with E-state index in [1.807, 2.05) is 0 Å². The van der Waals surface area contributed by atoms with Crippen LogP contribution in [0.4, 0.5) is 0 Å². The second-order valence-electron chi connectivity index (χ2n) is 7.20. The SMILES string of the molecule is CCc1ccc(CC2=C(C)CC([C@@H]3O[C@H](CO)[C@@H](O)[C@H](O)[C@H]3O)S2)cc1. The molecule has 5 nitrogen and oxygen atoms in total. The standard InChI is InChI=1S/C20H28O5S/c1-3-12-4-6-13(7-5-12)9-15-11(2)8-16(26-15)20-19(24)18(23)17(22)14(10-21)25-20/h4-7,14,16-24H,3,8-10H2,1-2H3/t14-,16?,17-,18+,19-,20+/m1/s1. The number of ether oxygens (including phenoxy) is 1. The fourth-order valence-electron chi connectivity index (χ4n) is 3.63. The first-order valence-corrected chi connectivity index (χ1v) is 10.1. The average Bonchev–Trinajstić information content (AvgIpc) is 3.01. The third-order valence-electron chi connectivity index (χ3n) is 5.37. The smallest absolute Gasteiger partial charge is 0.111 e. The highest BCUT2D eigenvalue weighted by molar-refractivity contribution is 8.04. The Bertz CT molecular complexity index is 642. The Morgan fingerprint density at radius 1 is 1.04 bits per heavy atom. The van der Waals surface area contributed by atoms with Crippen molar-refractivity contribution in [3.8, 4) is 0 Å². The average molecular weight is 381 g/mol. The van der Waals surface area contributed by atoms with Crippen molar-refractivity contribution < 1.29 is 25.2 Å². The lowest BCUT2D eigenvalue weighted by Gasteiger charge is -2.42. The molecule has 0 amide bonds. The number of allylic oxidation sites excluding steroid dienone is 2. The Balaban J connectivity index is 1.67. The lowest BCUT2D eigenvalue weighted by Crippen LogP contribution is -2.60. The van der Waals surface area contributed by atoms with Gasteiger partial charge in [0.15, 0.2) is 0 Å². The van der Waals surface area contributed by atoms with Gasteiger partial charge < -0.3 is 25.2 Å². The summed E-state index contributed by atoms with van der Waals surface area (Å²) in [6.07, 6.45) is -2.61. The van der Waals surface area contributed by atoms with Gasteiger partial charge in [0.1, 0.15) is 24.4 Å². The Morgan fingerprint density at radius 3 is 2.31 bits per heavy atom. The van der Waals surface area contributed by atoms with Crippen molar-refractivity contribution in [1.82, 2.24) is 0 Å². The van der Waals surface area contributed by atoms with E-state index in [1.54, 1.807) is 11.8 Å². The van der Waals surface area contributed by atoms with Gasteiger partial charge in [-0.25, -0.2) is 0 Å². The largest absolute Gasteiger partial charge is 0.394 e. The number of rotatable bonds is 5. The van der Waals surface area contributed by atoms with E-state index in [0.29, 0.717) is 0 Å². The van der Waals surface area contributed by atoms with Crippen LogP contribution in [0.5, 0.6) is 0 Å². The molecule has 0 aromatic heterocycles. The molecule has 2 heterocycles. The van der Waals surface area contributed by atoms with E-state index in [2.05, 4.69) is 38.1 Å². The van der Waals surface area contributed by atoms with Gasteiger partial charge in [-0.1, -0.05) is 36.8 Å². The van der Waals surface area contributed by atoms with E-state index in [4.69, 9.17) is 4.74 Å². The van der Waals surface area contributed by atoms with Crippen molar-refractivity contribution in [3.05, 3.63) is 45.9 Å². The van der Waals surface area contributed by atoms with Crippen LogP contribution in [-0.4, -0.2) is 62.8 Å². The molecule has 6 heteroatoms. The van der Waals surface area contributed by atoms with Crippen LogP contribution in [-0.2, 0) is 17.6 Å². The minimum Gasteiger partial charge on any atom is -0.394 e. The minimum atomic E-state index is -1.31. The zero-order valence-electron chi connectivity index (χ0n) is 15.2. The summed E-state index contributed by atoms with van der Waals surface area (Å²) in [5.74, 6) is 0. The second-order valence-corrected chi connectivity index (χ2v) is 8.54. The summed E-state index contributed by atoms with van der Waals surface area (Å²) in [6.45, 7) is 3.84. The molecule has 0 aliphatic carbocycles. The maximum Gasteiger partial charge on any atom is 0.111 e. The van der Waals surface area contributed by atoms with Gasteiger partial charge >= 0.3 is 0 Å². The normalized spacial score (nSPS) is 35.2. The van der Waals surface area contributed by atoms with Crippen LogP contribution in [0.15, 0.2) is 34.7 Å². The van der Waals surface area contributed by atoms with Crippen molar-refractivity contribution in [3.63, 3.8) is 0 Å². The van der Waals surface area contributed by atoms with Crippen molar-refractivity contribution in [2.75, 3.05) is 6.61 Å². The fourth-order valence-corrected chi connectivity index (χ4v) is 5.22. The molecular formula is C20H28O5S. The zero-order chi connectivity index (χ0) is 18.8. The summed E-state index contributed by atoms with van der Waals surface area (Å²) in [6, 6.07) is 8.61. The third kappa shape index (κ3) is 4.01. The highest BCUT2D eigenvalue weighted by Gasteiger charge is 2.47. The lowest BCUT2D eigenvalue weighted by molar-refractivity contribution is -0.228. The van der Waals surface area contributed by atoms with Gasteiger partial charge in [-0.2, -0.15) is 0 Å². The number of thioether (sulfide) groups is 1. The van der Waals surface area contributed by atoms with Crippen molar-refractivity contribution >= 4 is 11.8 Å². The summed E-state index contributed by atoms with van der Waals surface area (Å²) in [7, 11) is 0. The molecule has 144 valence electrons. The van der Waals surface area contributed by atoms with Gasteiger partial charge in [-0.15, -0.1) is 11.8 Å². The molecule has 1 saturated heterocycles. The van der Waals surface area contributed by atoms with Crippen LogP contribution in [0.25, 0.3) is 0 Å². The van der Waals surface area contributed by atoms with Gasteiger partial charge in [0.2, 0.25) is 0 Å². The maximum atomic E-state index is 10.4. The molecule has 0 bridgehead atoms. The number of benzene rings is 1. The van der Waals surface area contributed by atoms with Crippen molar-refractivity contribution in [2.24, 2.45) is 0 Å². The Labute approximate surface area is 158 Å². The van der Waals surface area contributed by atoms with Crippen LogP contribution in [0.3, 0.4) is 0 Å². The maximum absolute atomic E-state index is 10.4. The number of aliphatic hydroxyl groups is 4. The molecule has 6 atom stereocenters. The van der Waals surface area contributed by atoms with E-state index in [9.17, 15) is 20.4 Å². The summed E-state index contributed by atoms with van der Waals surface area (Å²) in [4.78, 5) is 1.26. The first-order chi connectivity index (χ1) is 12.4. The molecule has 0 saturated carbocycles. The highest BCUT2D eigenvalue weighted by Crippen LogP contribution is 2.44. The minimum absolute atomic E-state index is 0.0360. The first kappa shape index (κ1) is 19.9. The number of hydrogen-bond acceptors (Lipinski definition) is 6. The predicted octanol–water partition coefficient (Wildman–Crippen LogP) is 1.41. The van der Waals surface area contributed by atoms with Crippen molar-refractivity contribution in [2.45, 2.75) is 68.9 Å². The number of hydrogen-bond donors (Lipinski definition) is 4. The van der Waals surface area contributed by atoms with Crippen LogP contribution in [0.2, 0.25) is 0 Å². The van der Waals surface area contributed by atoms with Crippen LogP contribution in [0, 0.1) is 0 Å².